The predicted molar refractivity (Wildman–Crippen MR) is 69.5 cm³/mol. The number of nitrogens with zero attached hydrogens (tertiary/aromatic N) is 2. The second-order valence-electron chi connectivity index (χ2n) is 3.82. The Morgan fingerprint density at radius 3 is 2.53 bits per heavy atom. The second kappa shape index (κ2) is 6.29. The summed E-state index contributed by atoms with van der Waals surface area (Å²) >= 11 is 1.36. The summed E-state index contributed by atoms with van der Waals surface area (Å²) in [4.78, 5) is 19.4. The van der Waals surface area contributed by atoms with Gasteiger partial charge in [-0.2, -0.15) is 0 Å². The average Bonchev–Trinajstić information content (AvgIpc) is 2.14. The maximum Gasteiger partial charge on any atom is 0.221 e. The molecule has 0 bridgehead atoms. The van der Waals surface area contributed by atoms with Gasteiger partial charge in [0.25, 0.3) is 0 Å². The van der Waals surface area contributed by atoms with Gasteiger partial charge in [-0.25, -0.2) is 9.97 Å². The summed E-state index contributed by atoms with van der Waals surface area (Å²) < 4.78 is 0. The van der Waals surface area contributed by atoms with E-state index < -0.39 is 0 Å². The summed E-state index contributed by atoms with van der Waals surface area (Å²) in [6, 6.07) is 1.65. The molecule has 0 aliphatic rings. The second-order valence-corrected chi connectivity index (χ2v) is 4.88. The number of hydrogen-bond acceptors (Lipinski definition) is 6. The number of amides is 1. The Bertz CT molecular complexity index is 376. The highest BCUT2D eigenvalue weighted by Crippen LogP contribution is 2.16. The lowest BCUT2D eigenvalue weighted by atomic mass is 10.3. The molecule has 1 aromatic heterocycles. The molecule has 6 nitrogen and oxygen atoms in total. The van der Waals surface area contributed by atoms with Crippen LogP contribution in [0.15, 0.2) is 11.2 Å². The summed E-state index contributed by atoms with van der Waals surface area (Å²) in [6.45, 7) is 3.85. The van der Waals surface area contributed by atoms with Crippen LogP contribution in [0.5, 0.6) is 0 Å². The van der Waals surface area contributed by atoms with Crippen LogP contribution in [0.3, 0.4) is 0 Å². The molecule has 0 fully saturated rings. The van der Waals surface area contributed by atoms with E-state index in [1.165, 1.54) is 17.8 Å². The predicted octanol–water partition coefficient (Wildman–Crippen LogP) is 0.648. The van der Waals surface area contributed by atoms with Crippen LogP contribution < -0.4 is 16.8 Å². The molecular weight excluding hydrogens is 238 g/mol. The number of anilines is 2. The largest absolute Gasteiger partial charge is 0.383 e. The highest BCUT2D eigenvalue weighted by Gasteiger charge is 2.05. The monoisotopic (exact) mass is 255 g/mol. The van der Waals surface area contributed by atoms with Gasteiger partial charge in [0.2, 0.25) is 5.91 Å². The quantitative estimate of drug-likeness (QED) is 0.526. The molecule has 1 amide bonds. The van der Waals surface area contributed by atoms with Crippen molar-refractivity contribution < 1.29 is 4.79 Å². The zero-order chi connectivity index (χ0) is 12.8. The van der Waals surface area contributed by atoms with Crippen molar-refractivity contribution >= 4 is 29.3 Å². The molecule has 0 aliphatic heterocycles. The molecule has 1 rings (SSSR count). The van der Waals surface area contributed by atoms with Gasteiger partial charge in [-0.15, -0.1) is 0 Å². The zero-order valence-corrected chi connectivity index (χ0v) is 10.8. The van der Waals surface area contributed by atoms with E-state index in [-0.39, 0.29) is 11.9 Å². The number of thioether (sulfide) groups is 1. The number of nitrogens with one attached hydrogen (secondary N) is 1. The molecular formula is C10H17N5OS. The highest BCUT2D eigenvalue weighted by atomic mass is 32.2. The lowest BCUT2D eigenvalue weighted by Crippen LogP contribution is -2.30. The van der Waals surface area contributed by atoms with E-state index in [0.717, 1.165) is 0 Å². The van der Waals surface area contributed by atoms with Crippen LogP contribution in [-0.2, 0) is 4.79 Å². The van der Waals surface area contributed by atoms with E-state index in [0.29, 0.717) is 29.0 Å². The molecule has 5 N–H and O–H groups in total. The van der Waals surface area contributed by atoms with Crippen molar-refractivity contribution in [1.29, 1.82) is 0 Å². The first-order valence-corrected chi connectivity index (χ1v) is 6.28. The molecule has 17 heavy (non-hydrogen) atoms. The fourth-order valence-electron chi connectivity index (χ4n) is 1.16. The first kappa shape index (κ1) is 13.6. The van der Waals surface area contributed by atoms with E-state index in [2.05, 4.69) is 15.3 Å². The number of carbonyl (C=O) groups excluding carboxylic acids is 1. The third-order valence-corrected chi connectivity index (χ3v) is 2.60. The van der Waals surface area contributed by atoms with Crippen molar-refractivity contribution in [3.05, 3.63) is 6.07 Å². The Labute approximate surface area is 105 Å². The van der Waals surface area contributed by atoms with Gasteiger partial charge in [0.05, 0.1) is 0 Å². The first-order chi connectivity index (χ1) is 7.97. The molecule has 0 atom stereocenters. The summed E-state index contributed by atoms with van der Waals surface area (Å²) in [5.74, 6) is 1.30. The Morgan fingerprint density at radius 1 is 1.41 bits per heavy atom. The van der Waals surface area contributed by atoms with Crippen LogP contribution in [0.1, 0.15) is 20.3 Å². The Kier molecular flexibility index (Phi) is 5.02. The Hall–Kier alpha value is -1.50. The van der Waals surface area contributed by atoms with Gasteiger partial charge < -0.3 is 16.8 Å². The van der Waals surface area contributed by atoms with Gasteiger partial charge in [0.15, 0.2) is 5.16 Å². The number of nitrogens with two attached hydrogens (primary N) is 2. The molecule has 0 spiro atoms. The Morgan fingerprint density at radius 2 is 2.00 bits per heavy atom. The van der Waals surface area contributed by atoms with Gasteiger partial charge in [-0.1, -0.05) is 11.8 Å². The Balaban J connectivity index is 2.38. The normalized spacial score (nSPS) is 10.5. The van der Waals surface area contributed by atoms with E-state index >= 15 is 0 Å². The van der Waals surface area contributed by atoms with Crippen LogP contribution >= 0.6 is 11.8 Å². The van der Waals surface area contributed by atoms with Gasteiger partial charge in [-0.05, 0) is 13.8 Å². The van der Waals surface area contributed by atoms with Crippen molar-refractivity contribution in [3.63, 3.8) is 0 Å². The lowest BCUT2D eigenvalue weighted by molar-refractivity contribution is -0.121. The van der Waals surface area contributed by atoms with Crippen molar-refractivity contribution in [1.82, 2.24) is 15.3 Å². The molecule has 1 aromatic rings. The van der Waals surface area contributed by atoms with E-state index in [1.54, 1.807) is 0 Å². The van der Waals surface area contributed by atoms with Crippen molar-refractivity contribution in [2.75, 3.05) is 17.2 Å². The minimum Gasteiger partial charge on any atom is -0.383 e. The van der Waals surface area contributed by atoms with E-state index in [4.69, 9.17) is 11.5 Å². The van der Waals surface area contributed by atoms with Crippen LogP contribution in [0, 0.1) is 0 Å². The van der Waals surface area contributed by atoms with Gasteiger partial charge in [0.1, 0.15) is 11.6 Å². The van der Waals surface area contributed by atoms with Crippen molar-refractivity contribution in [2.24, 2.45) is 0 Å². The maximum absolute atomic E-state index is 11.4. The molecule has 0 unspecified atom stereocenters. The topological polar surface area (TPSA) is 107 Å². The average molecular weight is 255 g/mol. The highest BCUT2D eigenvalue weighted by molar-refractivity contribution is 7.99. The smallest absolute Gasteiger partial charge is 0.221 e. The first-order valence-electron chi connectivity index (χ1n) is 5.29. The molecule has 1 heterocycles. The standard InChI is InChI=1S/C10H17N5OS/c1-6(2)13-9(16)3-4-17-10-14-7(11)5-8(12)15-10/h5-6H,3-4H2,1-2H3,(H,13,16)(H4,11,12,14,15). The number of carbonyl (C=O) groups is 1. The minimum atomic E-state index is 0.0179. The fraction of sp³-hybridized carbons (Fsp3) is 0.500. The molecule has 0 aromatic carbocycles. The molecule has 7 heteroatoms. The molecule has 0 saturated carbocycles. The molecule has 0 aliphatic carbocycles. The van der Waals surface area contributed by atoms with Crippen LogP contribution in [-0.4, -0.2) is 27.7 Å². The molecule has 0 saturated heterocycles. The van der Waals surface area contributed by atoms with Crippen molar-refractivity contribution in [2.45, 2.75) is 31.5 Å². The summed E-state index contributed by atoms with van der Waals surface area (Å²) in [5, 5.41) is 3.31. The number of rotatable bonds is 5. The van der Waals surface area contributed by atoms with Crippen LogP contribution in [0.2, 0.25) is 0 Å². The minimum absolute atomic E-state index is 0.0179. The van der Waals surface area contributed by atoms with Gasteiger partial charge in [-0.3, -0.25) is 4.79 Å². The summed E-state index contributed by atoms with van der Waals surface area (Å²) in [6.07, 6.45) is 0.418. The van der Waals surface area contributed by atoms with Gasteiger partial charge in [0, 0.05) is 24.3 Å². The molecule has 0 radical (unpaired) electrons. The number of hydrogen-bond donors (Lipinski definition) is 3. The lowest BCUT2D eigenvalue weighted by Gasteiger charge is -2.07. The number of aromatic nitrogens is 2. The van der Waals surface area contributed by atoms with Crippen LogP contribution in [0.25, 0.3) is 0 Å². The summed E-state index contributed by atoms with van der Waals surface area (Å²) in [5.41, 5.74) is 11.1. The third-order valence-electron chi connectivity index (χ3n) is 1.76. The molecule has 94 valence electrons. The zero-order valence-electron chi connectivity index (χ0n) is 9.93. The van der Waals surface area contributed by atoms with Crippen LogP contribution in [0.4, 0.5) is 11.6 Å². The van der Waals surface area contributed by atoms with E-state index in [9.17, 15) is 4.79 Å². The fourth-order valence-corrected chi connectivity index (χ4v) is 1.97. The number of nitrogen functional groups attached to an aromatic ring is 2. The summed E-state index contributed by atoms with van der Waals surface area (Å²) in [7, 11) is 0. The van der Waals surface area contributed by atoms with Crippen molar-refractivity contribution in [3.8, 4) is 0 Å². The maximum atomic E-state index is 11.4. The van der Waals surface area contributed by atoms with E-state index in [1.807, 2.05) is 13.8 Å². The third kappa shape index (κ3) is 5.39. The SMILES string of the molecule is CC(C)NC(=O)CCSc1nc(N)cc(N)n1. The van der Waals surface area contributed by atoms with Gasteiger partial charge >= 0.3 is 0 Å².